The lowest BCUT2D eigenvalue weighted by atomic mass is 10.1. The Morgan fingerprint density at radius 1 is 1.25 bits per heavy atom. The van der Waals surface area contributed by atoms with E-state index in [4.69, 9.17) is 15.0 Å². The van der Waals surface area contributed by atoms with Gasteiger partial charge in [-0.15, -0.1) is 0 Å². The number of nitrogens with two attached hydrogens (primary N) is 1. The van der Waals surface area contributed by atoms with Crippen LogP contribution in [0, 0.1) is 5.92 Å². The first-order chi connectivity index (χ1) is 9.78. The monoisotopic (exact) mass is 275 g/mol. The van der Waals surface area contributed by atoms with Crippen LogP contribution in [0.5, 0.6) is 5.75 Å². The van der Waals surface area contributed by atoms with Crippen LogP contribution in [0.25, 0.3) is 0 Å². The van der Waals surface area contributed by atoms with Crippen LogP contribution in [0.1, 0.15) is 25.1 Å². The SMILES string of the molecule is CC(CN)CCc1nc(CCOc2ccccc2)no1. The third-order valence-electron chi connectivity index (χ3n) is 3.10. The van der Waals surface area contributed by atoms with Gasteiger partial charge in [0.2, 0.25) is 5.89 Å². The number of hydrogen-bond donors (Lipinski definition) is 1. The molecule has 0 bridgehead atoms. The molecule has 5 nitrogen and oxygen atoms in total. The summed E-state index contributed by atoms with van der Waals surface area (Å²) in [7, 11) is 0. The van der Waals surface area contributed by atoms with Crippen LogP contribution in [-0.2, 0) is 12.8 Å². The Morgan fingerprint density at radius 2 is 2.05 bits per heavy atom. The molecular weight excluding hydrogens is 254 g/mol. The minimum absolute atomic E-state index is 0.478. The highest BCUT2D eigenvalue weighted by molar-refractivity contribution is 5.20. The van der Waals surface area contributed by atoms with Gasteiger partial charge in [0.05, 0.1) is 6.61 Å². The summed E-state index contributed by atoms with van der Waals surface area (Å²) in [5.74, 6) is 2.70. The molecule has 0 saturated heterocycles. The van der Waals surface area contributed by atoms with Gasteiger partial charge in [-0.2, -0.15) is 4.98 Å². The van der Waals surface area contributed by atoms with E-state index in [-0.39, 0.29) is 0 Å². The highest BCUT2D eigenvalue weighted by Gasteiger charge is 2.08. The van der Waals surface area contributed by atoms with Gasteiger partial charge in [-0.25, -0.2) is 0 Å². The van der Waals surface area contributed by atoms with Crippen molar-refractivity contribution < 1.29 is 9.26 Å². The van der Waals surface area contributed by atoms with Gasteiger partial charge in [0.15, 0.2) is 5.82 Å². The molecule has 0 aliphatic rings. The number of aromatic nitrogens is 2. The molecule has 0 aliphatic carbocycles. The van der Waals surface area contributed by atoms with Crippen LogP contribution in [-0.4, -0.2) is 23.3 Å². The molecule has 1 unspecified atom stereocenters. The zero-order valence-electron chi connectivity index (χ0n) is 11.8. The van der Waals surface area contributed by atoms with Gasteiger partial charge in [-0.1, -0.05) is 30.3 Å². The number of rotatable bonds is 8. The second-order valence-electron chi connectivity index (χ2n) is 4.90. The summed E-state index contributed by atoms with van der Waals surface area (Å²) < 4.78 is 10.8. The largest absolute Gasteiger partial charge is 0.493 e. The van der Waals surface area contributed by atoms with Crippen molar-refractivity contribution in [2.24, 2.45) is 11.7 Å². The molecule has 2 rings (SSSR count). The number of hydrogen-bond acceptors (Lipinski definition) is 5. The van der Waals surface area contributed by atoms with Crippen LogP contribution in [0.4, 0.5) is 0 Å². The molecule has 5 heteroatoms. The second-order valence-corrected chi connectivity index (χ2v) is 4.90. The van der Waals surface area contributed by atoms with Gasteiger partial charge in [-0.05, 0) is 31.0 Å². The van der Waals surface area contributed by atoms with E-state index >= 15 is 0 Å². The van der Waals surface area contributed by atoms with Gasteiger partial charge in [0.25, 0.3) is 0 Å². The minimum atomic E-state index is 0.478. The fraction of sp³-hybridized carbons (Fsp3) is 0.467. The van der Waals surface area contributed by atoms with Crippen molar-refractivity contribution in [3.63, 3.8) is 0 Å². The summed E-state index contributed by atoms with van der Waals surface area (Å²) in [5, 5.41) is 3.95. The maximum atomic E-state index is 5.60. The highest BCUT2D eigenvalue weighted by Crippen LogP contribution is 2.10. The van der Waals surface area contributed by atoms with Crippen LogP contribution in [0.2, 0.25) is 0 Å². The summed E-state index contributed by atoms with van der Waals surface area (Å²) in [6.45, 7) is 3.35. The predicted molar refractivity (Wildman–Crippen MR) is 76.5 cm³/mol. The first kappa shape index (κ1) is 14.5. The van der Waals surface area contributed by atoms with Gasteiger partial charge >= 0.3 is 0 Å². The Balaban J connectivity index is 1.73. The average Bonchev–Trinajstić information content (AvgIpc) is 2.94. The maximum Gasteiger partial charge on any atom is 0.226 e. The lowest BCUT2D eigenvalue weighted by molar-refractivity contribution is 0.313. The smallest absolute Gasteiger partial charge is 0.226 e. The van der Waals surface area contributed by atoms with Crippen LogP contribution < -0.4 is 10.5 Å². The Labute approximate surface area is 119 Å². The number of benzene rings is 1. The Kier molecular flexibility index (Phi) is 5.55. The number of ether oxygens (including phenoxy) is 1. The lowest BCUT2D eigenvalue weighted by Crippen LogP contribution is -2.11. The molecule has 0 saturated carbocycles. The standard InChI is InChI=1S/C15H21N3O2/c1-12(11-16)7-8-15-17-14(18-20-15)9-10-19-13-5-3-2-4-6-13/h2-6,12H,7-11,16H2,1H3. The van der Waals surface area contributed by atoms with Crippen LogP contribution >= 0.6 is 0 Å². The van der Waals surface area contributed by atoms with Crippen molar-refractivity contribution in [1.29, 1.82) is 0 Å². The zero-order valence-corrected chi connectivity index (χ0v) is 11.8. The fourth-order valence-corrected chi connectivity index (χ4v) is 1.76. The first-order valence-electron chi connectivity index (χ1n) is 6.97. The van der Waals surface area contributed by atoms with Gasteiger partial charge in [0.1, 0.15) is 5.75 Å². The van der Waals surface area contributed by atoms with E-state index < -0.39 is 0 Å². The molecule has 0 fully saturated rings. The third kappa shape index (κ3) is 4.66. The van der Waals surface area contributed by atoms with Crippen molar-refractivity contribution in [3.05, 3.63) is 42.0 Å². The van der Waals surface area contributed by atoms with E-state index in [0.717, 1.165) is 18.6 Å². The molecule has 108 valence electrons. The molecule has 0 spiro atoms. The Morgan fingerprint density at radius 3 is 2.80 bits per heavy atom. The Hall–Kier alpha value is -1.88. The van der Waals surface area contributed by atoms with Gasteiger partial charge < -0.3 is 15.0 Å². The van der Waals surface area contributed by atoms with E-state index in [1.165, 1.54) is 0 Å². The summed E-state index contributed by atoms with van der Waals surface area (Å²) in [4.78, 5) is 4.35. The summed E-state index contributed by atoms with van der Waals surface area (Å²) in [6, 6.07) is 9.70. The van der Waals surface area contributed by atoms with E-state index in [2.05, 4.69) is 17.1 Å². The van der Waals surface area contributed by atoms with Crippen LogP contribution in [0.3, 0.4) is 0 Å². The second kappa shape index (κ2) is 7.65. The van der Waals surface area contributed by atoms with Crippen molar-refractivity contribution in [2.45, 2.75) is 26.2 Å². The van der Waals surface area contributed by atoms with Crippen LogP contribution in [0.15, 0.2) is 34.9 Å². The predicted octanol–water partition coefficient (Wildman–Crippen LogP) is 2.22. The average molecular weight is 275 g/mol. The van der Waals surface area contributed by atoms with Crippen molar-refractivity contribution in [1.82, 2.24) is 10.1 Å². The summed E-state index contributed by atoms with van der Waals surface area (Å²) >= 11 is 0. The van der Waals surface area contributed by atoms with Gasteiger partial charge in [0, 0.05) is 12.8 Å². The Bertz CT molecular complexity index is 499. The van der Waals surface area contributed by atoms with Gasteiger partial charge in [-0.3, -0.25) is 0 Å². The summed E-state index contributed by atoms with van der Waals surface area (Å²) in [5.41, 5.74) is 5.58. The molecule has 2 aromatic rings. The number of aryl methyl sites for hydroxylation is 1. The van der Waals surface area contributed by atoms with E-state index in [1.807, 2.05) is 30.3 Å². The fourth-order valence-electron chi connectivity index (χ4n) is 1.76. The van der Waals surface area contributed by atoms with E-state index in [9.17, 15) is 0 Å². The molecular formula is C15H21N3O2. The topological polar surface area (TPSA) is 74.2 Å². The molecule has 2 N–H and O–H groups in total. The van der Waals surface area contributed by atoms with Crippen molar-refractivity contribution >= 4 is 0 Å². The van der Waals surface area contributed by atoms with Crippen molar-refractivity contribution in [2.75, 3.05) is 13.2 Å². The van der Waals surface area contributed by atoms with E-state index in [0.29, 0.717) is 37.2 Å². The molecule has 1 atom stereocenters. The molecule has 0 amide bonds. The maximum absolute atomic E-state index is 5.60. The van der Waals surface area contributed by atoms with E-state index in [1.54, 1.807) is 0 Å². The molecule has 1 aromatic heterocycles. The zero-order chi connectivity index (χ0) is 14.2. The lowest BCUT2D eigenvalue weighted by Gasteiger charge is -2.04. The molecule has 0 radical (unpaired) electrons. The molecule has 1 aromatic carbocycles. The van der Waals surface area contributed by atoms with Crippen molar-refractivity contribution in [3.8, 4) is 5.75 Å². The molecule has 1 heterocycles. The minimum Gasteiger partial charge on any atom is -0.493 e. The molecule has 0 aliphatic heterocycles. The number of para-hydroxylation sites is 1. The quantitative estimate of drug-likeness (QED) is 0.799. The highest BCUT2D eigenvalue weighted by atomic mass is 16.5. The number of nitrogens with zero attached hydrogens (tertiary/aromatic N) is 2. The normalized spacial score (nSPS) is 12.3. The first-order valence-corrected chi connectivity index (χ1v) is 6.97. The molecule has 20 heavy (non-hydrogen) atoms. The third-order valence-corrected chi connectivity index (χ3v) is 3.10. The summed E-state index contributed by atoms with van der Waals surface area (Å²) in [6.07, 6.45) is 2.40.